The maximum atomic E-state index is 12.2. The summed E-state index contributed by atoms with van der Waals surface area (Å²) in [7, 11) is -3.98. The zero-order valence-electron chi connectivity index (χ0n) is 22.7. The molecule has 1 aliphatic carbocycles. The van der Waals surface area contributed by atoms with Crippen molar-refractivity contribution >= 4 is 33.5 Å². The van der Waals surface area contributed by atoms with Crippen molar-refractivity contribution in [3.8, 4) is 11.5 Å². The van der Waals surface area contributed by atoms with Crippen molar-refractivity contribution < 1.29 is 32.3 Å². The normalized spacial score (nSPS) is 16.5. The highest BCUT2D eigenvalue weighted by atomic mass is 32.2. The summed E-state index contributed by atoms with van der Waals surface area (Å²) in [5, 5.41) is 19.1. The van der Waals surface area contributed by atoms with Gasteiger partial charge in [0, 0.05) is 36.3 Å². The van der Waals surface area contributed by atoms with Gasteiger partial charge in [-0.25, -0.2) is 28.3 Å². The molecule has 1 aromatic heterocycles. The second kappa shape index (κ2) is 14.0. The van der Waals surface area contributed by atoms with Crippen LogP contribution in [0.2, 0.25) is 0 Å². The third-order valence-electron chi connectivity index (χ3n) is 6.65. The number of hydrogen-bond acceptors (Lipinski definition) is 12. The maximum absolute atomic E-state index is 12.2. The van der Waals surface area contributed by atoms with E-state index in [1.165, 1.54) is 36.4 Å². The molecule has 2 aromatic carbocycles. The van der Waals surface area contributed by atoms with Gasteiger partial charge in [0.25, 0.3) is 5.69 Å². The van der Waals surface area contributed by atoms with Gasteiger partial charge in [-0.15, -0.1) is 0 Å². The van der Waals surface area contributed by atoms with Gasteiger partial charge in [-0.2, -0.15) is 0 Å². The van der Waals surface area contributed by atoms with Crippen LogP contribution in [-0.4, -0.2) is 48.7 Å². The molecule has 0 spiro atoms. The number of carbonyl (C=O) groups excluding carboxylic acids is 1. The summed E-state index contributed by atoms with van der Waals surface area (Å²) in [6.45, 7) is 0.897. The van der Waals surface area contributed by atoms with Crippen molar-refractivity contribution in [2.45, 2.75) is 55.4 Å². The highest BCUT2D eigenvalue weighted by Gasteiger charge is 2.30. The quantitative estimate of drug-likeness (QED) is 0.0830. The second-order valence-electron chi connectivity index (χ2n) is 9.72. The minimum absolute atomic E-state index is 0.0737. The summed E-state index contributed by atoms with van der Waals surface area (Å²) >= 11 is 0. The predicted octanol–water partition coefficient (Wildman–Crippen LogP) is 4.14. The molecule has 1 heterocycles. The van der Waals surface area contributed by atoms with E-state index in [4.69, 9.17) is 25.1 Å². The number of nitrogens with two attached hydrogens (primary N) is 2. The van der Waals surface area contributed by atoms with Gasteiger partial charge in [-0.05, 0) is 80.8 Å². The molecule has 15 heteroatoms. The molecule has 1 fully saturated rings. The zero-order chi connectivity index (χ0) is 30.1. The molecule has 14 nitrogen and oxygen atoms in total. The molecular weight excluding hydrogens is 568 g/mol. The number of primary sulfonamides is 1. The lowest BCUT2D eigenvalue weighted by atomic mass is 10.0. The van der Waals surface area contributed by atoms with Gasteiger partial charge in [0.05, 0.1) is 11.5 Å². The van der Waals surface area contributed by atoms with E-state index in [2.05, 4.69) is 15.3 Å². The number of non-ortho nitro benzene ring substituents is 1. The van der Waals surface area contributed by atoms with Crippen LogP contribution in [0.25, 0.3) is 0 Å². The van der Waals surface area contributed by atoms with E-state index in [0.717, 1.165) is 31.2 Å². The molecule has 2 unspecified atom stereocenters. The lowest BCUT2D eigenvalue weighted by molar-refractivity contribution is -0.384. The van der Waals surface area contributed by atoms with Gasteiger partial charge in [0.1, 0.15) is 22.5 Å². The summed E-state index contributed by atoms with van der Waals surface area (Å²) in [5.74, 6) is 0.658. The van der Waals surface area contributed by atoms with E-state index in [-0.39, 0.29) is 34.1 Å². The fourth-order valence-corrected chi connectivity index (χ4v) is 5.18. The van der Waals surface area contributed by atoms with E-state index < -0.39 is 21.1 Å². The first-order valence-corrected chi connectivity index (χ1v) is 14.9. The molecule has 0 saturated heterocycles. The number of ether oxygens (including phenoxy) is 3. The first-order chi connectivity index (χ1) is 20.1. The molecule has 1 aliphatic rings. The van der Waals surface area contributed by atoms with E-state index in [1.807, 2.05) is 0 Å². The molecule has 1 saturated carbocycles. The van der Waals surface area contributed by atoms with Gasteiger partial charge in [0.15, 0.2) is 0 Å². The number of nitro groups is 1. The van der Waals surface area contributed by atoms with Crippen LogP contribution in [-0.2, 0) is 14.8 Å². The van der Waals surface area contributed by atoms with Crippen LogP contribution < -0.4 is 25.7 Å². The van der Waals surface area contributed by atoms with E-state index >= 15 is 0 Å². The largest absolute Gasteiger partial charge is 0.514 e. The number of anilines is 2. The number of carbonyl (C=O) groups is 1. The Morgan fingerprint density at radius 1 is 1.07 bits per heavy atom. The highest BCUT2D eigenvalue weighted by Crippen LogP contribution is 2.36. The Morgan fingerprint density at radius 2 is 1.81 bits per heavy atom. The highest BCUT2D eigenvalue weighted by molar-refractivity contribution is 7.89. The molecule has 0 amide bonds. The number of nitro benzene ring substituents is 1. The molecule has 224 valence electrons. The third-order valence-corrected chi connectivity index (χ3v) is 7.60. The molecule has 0 bridgehead atoms. The zero-order valence-corrected chi connectivity index (χ0v) is 23.5. The summed E-state index contributed by atoms with van der Waals surface area (Å²) in [4.78, 5) is 31.0. The van der Waals surface area contributed by atoms with Crippen LogP contribution in [0.4, 0.5) is 22.1 Å². The minimum Gasteiger partial charge on any atom is -0.492 e. The second-order valence-corrected chi connectivity index (χ2v) is 11.3. The number of hydrogen-bond donors (Lipinski definition) is 3. The SMILES string of the molecule is NCCCCCOc1cc(Nc2ncc(C3CCC(OC(=O)Oc4ccc([N+](=O)[O-])cc4)C3)cn2)ccc1S(N)(=O)=O. The third kappa shape index (κ3) is 8.58. The molecule has 3 aromatic rings. The number of nitrogens with one attached hydrogen (secondary N) is 1. The standard InChI is InChI=1S/C27H32N6O8S/c28-12-2-1-3-13-39-24-15-20(5-11-25(24)42(29,37)38)32-26-30-16-19(17-31-26)18-4-8-23(14-18)41-27(34)40-22-9-6-21(7-10-22)33(35)36/h5-7,9-11,15-18,23H,1-4,8,12-14,28H2,(H2,29,37,38)(H,30,31,32). The fourth-order valence-electron chi connectivity index (χ4n) is 4.52. The Hall–Kier alpha value is -4.34. The lowest BCUT2D eigenvalue weighted by Gasteiger charge is -2.14. The van der Waals surface area contributed by atoms with Gasteiger partial charge in [-0.3, -0.25) is 10.1 Å². The van der Waals surface area contributed by atoms with E-state index in [1.54, 1.807) is 18.5 Å². The number of nitrogens with zero attached hydrogens (tertiary/aromatic N) is 3. The van der Waals surface area contributed by atoms with Crippen molar-refractivity contribution in [3.05, 3.63) is 70.5 Å². The predicted molar refractivity (Wildman–Crippen MR) is 152 cm³/mol. The molecule has 0 radical (unpaired) electrons. The Kier molecular flexibility index (Phi) is 10.2. The van der Waals surface area contributed by atoms with Gasteiger partial charge >= 0.3 is 6.16 Å². The Labute approximate surface area is 242 Å². The average Bonchev–Trinajstić information content (AvgIpc) is 3.41. The number of rotatable bonds is 13. The maximum Gasteiger partial charge on any atom is 0.514 e. The molecule has 2 atom stereocenters. The molecular formula is C27H32N6O8S. The molecule has 0 aliphatic heterocycles. The van der Waals surface area contributed by atoms with Gasteiger partial charge in [0.2, 0.25) is 16.0 Å². The molecule has 4 rings (SSSR count). The molecule has 5 N–H and O–H groups in total. The Bertz CT molecular complexity index is 1490. The number of aromatic nitrogens is 2. The average molecular weight is 601 g/mol. The Balaban J connectivity index is 1.31. The fraction of sp³-hybridized carbons (Fsp3) is 0.370. The smallest absolute Gasteiger partial charge is 0.492 e. The van der Waals surface area contributed by atoms with Crippen LogP contribution in [0, 0.1) is 10.1 Å². The monoisotopic (exact) mass is 600 g/mol. The number of benzene rings is 2. The van der Waals surface area contributed by atoms with Crippen LogP contribution >= 0.6 is 0 Å². The van der Waals surface area contributed by atoms with Gasteiger partial charge < -0.3 is 25.3 Å². The lowest BCUT2D eigenvalue weighted by Crippen LogP contribution is -2.18. The summed E-state index contributed by atoms with van der Waals surface area (Å²) in [5.41, 5.74) is 6.79. The summed E-state index contributed by atoms with van der Waals surface area (Å²) in [6, 6.07) is 9.60. The van der Waals surface area contributed by atoms with Crippen LogP contribution in [0.1, 0.15) is 50.0 Å². The van der Waals surface area contributed by atoms with Crippen molar-refractivity contribution in [1.29, 1.82) is 0 Å². The van der Waals surface area contributed by atoms with Crippen LogP contribution in [0.3, 0.4) is 0 Å². The van der Waals surface area contributed by atoms with Gasteiger partial charge in [-0.1, -0.05) is 0 Å². The topological polar surface area (TPSA) is 212 Å². The number of unbranched alkanes of at least 4 members (excludes halogenated alkanes) is 2. The summed E-state index contributed by atoms with van der Waals surface area (Å²) < 4.78 is 40.3. The minimum atomic E-state index is -3.98. The van der Waals surface area contributed by atoms with Crippen LogP contribution in [0.15, 0.2) is 59.8 Å². The van der Waals surface area contributed by atoms with E-state index in [0.29, 0.717) is 37.6 Å². The number of sulfonamides is 1. The van der Waals surface area contributed by atoms with Crippen molar-refractivity contribution in [2.24, 2.45) is 10.9 Å². The summed E-state index contributed by atoms with van der Waals surface area (Å²) in [6.07, 6.45) is 6.52. The first kappa shape index (κ1) is 30.6. The van der Waals surface area contributed by atoms with E-state index in [9.17, 15) is 23.3 Å². The van der Waals surface area contributed by atoms with Crippen molar-refractivity contribution in [2.75, 3.05) is 18.5 Å². The molecule has 42 heavy (non-hydrogen) atoms. The van der Waals surface area contributed by atoms with Crippen molar-refractivity contribution in [3.63, 3.8) is 0 Å². The van der Waals surface area contributed by atoms with Crippen LogP contribution in [0.5, 0.6) is 11.5 Å². The van der Waals surface area contributed by atoms with Crippen molar-refractivity contribution in [1.82, 2.24) is 9.97 Å². The first-order valence-electron chi connectivity index (χ1n) is 13.3. The Morgan fingerprint density at radius 3 is 2.48 bits per heavy atom.